The maximum Gasteiger partial charge on any atom is 0.0869 e. The molecular formula is C12H15NO. The molecule has 0 saturated carbocycles. The number of hydrogen-bond donors (Lipinski definition) is 0. The maximum atomic E-state index is 5.30. The molecule has 1 aromatic carbocycles. The van der Waals surface area contributed by atoms with Crippen molar-refractivity contribution in [1.29, 1.82) is 0 Å². The Morgan fingerprint density at radius 3 is 2.79 bits per heavy atom. The summed E-state index contributed by atoms with van der Waals surface area (Å²) in [4.78, 5) is 5.30. The molecule has 2 rings (SSSR count). The van der Waals surface area contributed by atoms with Crippen molar-refractivity contribution in [3.05, 3.63) is 47.5 Å². The van der Waals surface area contributed by atoms with Crippen LogP contribution in [0.5, 0.6) is 0 Å². The van der Waals surface area contributed by atoms with Crippen LogP contribution in [0.15, 0.2) is 42.0 Å². The van der Waals surface area contributed by atoms with Crippen molar-refractivity contribution >= 4 is 0 Å². The van der Waals surface area contributed by atoms with Crippen molar-refractivity contribution in [2.45, 2.75) is 6.42 Å². The molecule has 0 unspecified atom stereocenters. The zero-order chi connectivity index (χ0) is 9.80. The zero-order valence-corrected chi connectivity index (χ0v) is 8.44. The summed E-state index contributed by atoms with van der Waals surface area (Å²) in [6.45, 7) is 1.62. The molecule has 0 aliphatic carbocycles. The van der Waals surface area contributed by atoms with Gasteiger partial charge in [-0.2, -0.15) is 5.06 Å². The van der Waals surface area contributed by atoms with E-state index in [1.165, 1.54) is 11.1 Å². The summed E-state index contributed by atoms with van der Waals surface area (Å²) in [5, 5.41) is 1.89. The molecule has 14 heavy (non-hydrogen) atoms. The van der Waals surface area contributed by atoms with Crippen LogP contribution in [0.25, 0.3) is 0 Å². The van der Waals surface area contributed by atoms with Crippen LogP contribution in [0.1, 0.15) is 5.56 Å². The van der Waals surface area contributed by atoms with Gasteiger partial charge in [0.25, 0.3) is 0 Å². The van der Waals surface area contributed by atoms with Crippen LogP contribution in [0.3, 0.4) is 0 Å². The molecule has 1 aliphatic rings. The minimum atomic E-state index is 0.707. The Labute approximate surface area is 84.8 Å². The Morgan fingerprint density at radius 2 is 2.07 bits per heavy atom. The topological polar surface area (TPSA) is 12.5 Å². The Hall–Kier alpha value is -1.12. The lowest BCUT2D eigenvalue weighted by Gasteiger charge is -2.22. The Morgan fingerprint density at radius 1 is 1.29 bits per heavy atom. The Balaban J connectivity index is 2.01. The summed E-state index contributed by atoms with van der Waals surface area (Å²) >= 11 is 0. The molecule has 0 amide bonds. The van der Waals surface area contributed by atoms with E-state index in [4.69, 9.17) is 4.84 Å². The summed E-state index contributed by atoms with van der Waals surface area (Å²) in [5.74, 6) is 0. The van der Waals surface area contributed by atoms with E-state index in [0.717, 1.165) is 13.0 Å². The van der Waals surface area contributed by atoms with Gasteiger partial charge in [0.05, 0.1) is 6.61 Å². The lowest BCUT2D eigenvalue weighted by atomic mass is 10.0. The molecule has 0 radical (unpaired) electrons. The van der Waals surface area contributed by atoms with E-state index in [9.17, 15) is 0 Å². The highest BCUT2D eigenvalue weighted by atomic mass is 16.7. The molecule has 1 aliphatic heterocycles. The second-order valence-corrected chi connectivity index (χ2v) is 3.61. The Kier molecular flexibility index (Phi) is 2.96. The first kappa shape index (κ1) is 9.44. The predicted octanol–water partition coefficient (Wildman–Crippen LogP) is 2.03. The molecule has 0 N–H and O–H groups in total. The maximum absolute atomic E-state index is 5.30. The normalized spacial score (nSPS) is 17.9. The molecule has 0 saturated heterocycles. The monoisotopic (exact) mass is 189 g/mol. The third-order valence-electron chi connectivity index (χ3n) is 2.37. The third kappa shape index (κ3) is 2.44. The minimum absolute atomic E-state index is 0.707. The van der Waals surface area contributed by atoms with Crippen molar-refractivity contribution in [1.82, 2.24) is 5.06 Å². The van der Waals surface area contributed by atoms with Crippen molar-refractivity contribution in [2.75, 3.05) is 20.2 Å². The van der Waals surface area contributed by atoms with Gasteiger partial charge in [0.15, 0.2) is 0 Å². The van der Waals surface area contributed by atoms with Crippen LogP contribution in [0.2, 0.25) is 0 Å². The number of hydrogen-bond acceptors (Lipinski definition) is 2. The standard InChI is InChI=1S/C12H15NO/c1-13-10-12(7-8-14-13)9-11-5-3-2-4-6-11/h2-7H,8-10H2,1H3. The smallest absolute Gasteiger partial charge is 0.0869 e. The summed E-state index contributed by atoms with van der Waals surface area (Å²) in [6, 6.07) is 10.5. The van der Waals surface area contributed by atoms with Gasteiger partial charge >= 0.3 is 0 Å². The molecule has 1 aromatic rings. The van der Waals surface area contributed by atoms with E-state index in [2.05, 4.69) is 30.3 Å². The molecule has 0 bridgehead atoms. The van der Waals surface area contributed by atoms with Crippen LogP contribution >= 0.6 is 0 Å². The average molecular weight is 189 g/mol. The van der Waals surface area contributed by atoms with E-state index in [-0.39, 0.29) is 0 Å². The number of likely N-dealkylation sites (N-methyl/N-ethyl adjacent to an activating group) is 1. The Bertz CT molecular complexity index is 318. The number of benzene rings is 1. The van der Waals surface area contributed by atoms with E-state index in [1.807, 2.05) is 18.2 Å². The highest BCUT2D eigenvalue weighted by Gasteiger charge is 2.08. The molecule has 2 nitrogen and oxygen atoms in total. The quantitative estimate of drug-likeness (QED) is 0.660. The van der Waals surface area contributed by atoms with Crippen molar-refractivity contribution in [3.63, 3.8) is 0 Å². The SMILES string of the molecule is CN1CC(Cc2ccccc2)=CCO1. The van der Waals surface area contributed by atoms with Gasteiger partial charge in [-0.25, -0.2) is 0 Å². The van der Waals surface area contributed by atoms with E-state index >= 15 is 0 Å². The second kappa shape index (κ2) is 4.40. The van der Waals surface area contributed by atoms with Crippen molar-refractivity contribution in [2.24, 2.45) is 0 Å². The highest BCUT2D eigenvalue weighted by molar-refractivity contribution is 5.22. The summed E-state index contributed by atoms with van der Waals surface area (Å²) in [7, 11) is 1.97. The fraction of sp³-hybridized carbons (Fsp3) is 0.333. The average Bonchev–Trinajstić information content (AvgIpc) is 2.19. The molecule has 0 aromatic heterocycles. The van der Waals surface area contributed by atoms with Gasteiger partial charge in [-0.05, 0) is 12.0 Å². The van der Waals surface area contributed by atoms with Gasteiger partial charge in [-0.15, -0.1) is 0 Å². The van der Waals surface area contributed by atoms with E-state index < -0.39 is 0 Å². The van der Waals surface area contributed by atoms with Crippen LogP contribution in [-0.2, 0) is 11.3 Å². The first-order valence-corrected chi connectivity index (χ1v) is 4.90. The van der Waals surface area contributed by atoms with E-state index in [1.54, 1.807) is 0 Å². The first-order valence-electron chi connectivity index (χ1n) is 4.90. The van der Waals surface area contributed by atoms with E-state index in [0.29, 0.717) is 6.61 Å². The summed E-state index contributed by atoms with van der Waals surface area (Å²) in [5.41, 5.74) is 2.80. The summed E-state index contributed by atoms with van der Waals surface area (Å²) < 4.78 is 0. The van der Waals surface area contributed by atoms with Gasteiger partial charge in [0, 0.05) is 13.6 Å². The van der Waals surface area contributed by atoms with Gasteiger partial charge in [0.2, 0.25) is 0 Å². The van der Waals surface area contributed by atoms with Gasteiger partial charge < -0.3 is 0 Å². The van der Waals surface area contributed by atoms with Crippen LogP contribution in [0, 0.1) is 0 Å². The lowest BCUT2D eigenvalue weighted by molar-refractivity contribution is -0.128. The molecule has 2 heteroatoms. The zero-order valence-electron chi connectivity index (χ0n) is 8.44. The molecule has 74 valence electrons. The second-order valence-electron chi connectivity index (χ2n) is 3.61. The third-order valence-corrected chi connectivity index (χ3v) is 2.37. The molecule has 0 atom stereocenters. The molecule has 0 fully saturated rings. The number of nitrogens with zero attached hydrogens (tertiary/aromatic N) is 1. The van der Waals surface area contributed by atoms with Gasteiger partial charge in [-0.1, -0.05) is 42.0 Å². The van der Waals surface area contributed by atoms with Gasteiger partial charge in [0.1, 0.15) is 0 Å². The van der Waals surface area contributed by atoms with Crippen LogP contribution in [-0.4, -0.2) is 25.3 Å². The lowest BCUT2D eigenvalue weighted by Crippen LogP contribution is -2.26. The fourth-order valence-electron chi connectivity index (χ4n) is 1.66. The minimum Gasteiger partial charge on any atom is -0.295 e. The first-order chi connectivity index (χ1) is 6.84. The van der Waals surface area contributed by atoms with Crippen molar-refractivity contribution in [3.8, 4) is 0 Å². The predicted molar refractivity (Wildman–Crippen MR) is 56.8 cm³/mol. The molecular weight excluding hydrogens is 174 g/mol. The highest BCUT2D eigenvalue weighted by Crippen LogP contribution is 2.12. The molecule has 0 spiro atoms. The van der Waals surface area contributed by atoms with Crippen LogP contribution in [0.4, 0.5) is 0 Å². The summed E-state index contributed by atoms with van der Waals surface area (Å²) in [6.07, 6.45) is 3.21. The fourth-order valence-corrected chi connectivity index (χ4v) is 1.66. The van der Waals surface area contributed by atoms with Crippen LogP contribution < -0.4 is 0 Å². The largest absolute Gasteiger partial charge is 0.295 e. The number of rotatable bonds is 2. The number of hydroxylamine groups is 2. The van der Waals surface area contributed by atoms with Crippen molar-refractivity contribution < 1.29 is 4.84 Å². The molecule has 1 heterocycles. The van der Waals surface area contributed by atoms with Gasteiger partial charge in [-0.3, -0.25) is 4.84 Å².